The molecule has 2 aromatic rings. The van der Waals surface area contributed by atoms with Crippen molar-refractivity contribution in [1.29, 1.82) is 0 Å². The summed E-state index contributed by atoms with van der Waals surface area (Å²) in [6, 6.07) is 14.3. The smallest absolute Gasteiger partial charge is 0.436 e. The van der Waals surface area contributed by atoms with E-state index in [1.807, 2.05) is 30.3 Å². The van der Waals surface area contributed by atoms with Gasteiger partial charge in [0.05, 0.1) is 14.2 Å². The SMILES string of the molecule is COc1ccc(OC)c(C2NC(=O)CON2C(=O)OCc2ccccc2)c1. The van der Waals surface area contributed by atoms with Crippen molar-refractivity contribution in [3.63, 3.8) is 0 Å². The normalized spacial score (nSPS) is 16.4. The Balaban J connectivity index is 1.83. The van der Waals surface area contributed by atoms with Gasteiger partial charge in [-0.3, -0.25) is 9.63 Å². The summed E-state index contributed by atoms with van der Waals surface area (Å²) in [6.07, 6.45) is -1.65. The van der Waals surface area contributed by atoms with E-state index in [0.29, 0.717) is 17.1 Å². The molecule has 0 saturated carbocycles. The molecule has 1 unspecified atom stereocenters. The molecule has 1 fully saturated rings. The number of carbonyl (C=O) groups is 2. The van der Waals surface area contributed by atoms with Gasteiger partial charge in [0.1, 0.15) is 18.1 Å². The molecule has 0 bridgehead atoms. The van der Waals surface area contributed by atoms with Gasteiger partial charge in [-0.25, -0.2) is 4.79 Å². The van der Waals surface area contributed by atoms with Crippen molar-refractivity contribution in [1.82, 2.24) is 10.4 Å². The van der Waals surface area contributed by atoms with Crippen LogP contribution >= 0.6 is 0 Å². The fourth-order valence-electron chi connectivity index (χ4n) is 2.65. The van der Waals surface area contributed by atoms with Gasteiger partial charge in [0.25, 0.3) is 5.91 Å². The first-order chi connectivity index (χ1) is 13.1. The molecule has 27 heavy (non-hydrogen) atoms. The molecule has 1 aliphatic heterocycles. The zero-order valence-electron chi connectivity index (χ0n) is 15.0. The quantitative estimate of drug-likeness (QED) is 0.867. The second-order valence-corrected chi connectivity index (χ2v) is 5.72. The largest absolute Gasteiger partial charge is 0.497 e. The Morgan fingerprint density at radius 1 is 1.19 bits per heavy atom. The van der Waals surface area contributed by atoms with Crippen molar-refractivity contribution in [2.45, 2.75) is 12.8 Å². The predicted molar refractivity (Wildman–Crippen MR) is 94.8 cm³/mol. The standard InChI is InChI=1S/C19H20N2O6/c1-24-14-8-9-16(25-2)15(10-14)18-20-17(22)12-27-21(18)19(23)26-11-13-6-4-3-5-7-13/h3-10,18H,11-12H2,1-2H3,(H,20,22). The van der Waals surface area contributed by atoms with E-state index in [4.69, 9.17) is 19.0 Å². The summed E-state index contributed by atoms with van der Waals surface area (Å²) in [5.41, 5.74) is 1.34. The molecule has 2 aromatic carbocycles. The van der Waals surface area contributed by atoms with Crippen LogP contribution in [0.1, 0.15) is 17.3 Å². The first-order valence-corrected chi connectivity index (χ1v) is 8.26. The maximum Gasteiger partial charge on any atom is 0.436 e. The summed E-state index contributed by atoms with van der Waals surface area (Å²) in [7, 11) is 3.02. The summed E-state index contributed by atoms with van der Waals surface area (Å²) in [5.74, 6) is 0.646. The Hall–Kier alpha value is -3.26. The monoisotopic (exact) mass is 372 g/mol. The third kappa shape index (κ3) is 4.29. The third-order valence-corrected chi connectivity index (χ3v) is 3.98. The van der Waals surface area contributed by atoms with Crippen LogP contribution in [0.15, 0.2) is 48.5 Å². The molecule has 1 heterocycles. The van der Waals surface area contributed by atoms with Crippen LogP contribution in [0.3, 0.4) is 0 Å². The van der Waals surface area contributed by atoms with Crippen molar-refractivity contribution in [2.75, 3.05) is 20.8 Å². The molecule has 1 aliphatic rings. The number of hydrogen-bond donors (Lipinski definition) is 1. The molecular weight excluding hydrogens is 352 g/mol. The fraction of sp³-hybridized carbons (Fsp3) is 0.263. The van der Waals surface area contributed by atoms with Crippen LogP contribution in [-0.4, -0.2) is 37.9 Å². The van der Waals surface area contributed by atoms with Gasteiger partial charge in [0, 0.05) is 5.56 Å². The van der Waals surface area contributed by atoms with Crippen LogP contribution in [0.4, 0.5) is 4.79 Å². The molecule has 1 saturated heterocycles. The Labute approximate surface area is 156 Å². The first kappa shape index (κ1) is 18.5. The van der Waals surface area contributed by atoms with Gasteiger partial charge in [0.2, 0.25) is 0 Å². The minimum Gasteiger partial charge on any atom is -0.497 e. The van der Waals surface area contributed by atoms with Crippen LogP contribution in [0, 0.1) is 0 Å². The topological polar surface area (TPSA) is 86.3 Å². The van der Waals surface area contributed by atoms with Gasteiger partial charge in [0.15, 0.2) is 12.8 Å². The van der Waals surface area contributed by atoms with Gasteiger partial charge < -0.3 is 19.5 Å². The lowest BCUT2D eigenvalue weighted by molar-refractivity contribution is -0.199. The van der Waals surface area contributed by atoms with E-state index in [1.54, 1.807) is 18.2 Å². The number of benzene rings is 2. The molecule has 0 radical (unpaired) electrons. The highest BCUT2D eigenvalue weighted by atomic mass is 16.7. The molecular formula is C19H20N2O6. The Morgan fingerprint density at radius 3 is 2.67 bits per heavy atom. The number of ether oxygens (including phenoxy) is 3. The second-order valence-electron chi connectivity index (χ2n) is 5.72. The second kappa shape index (κ2) is 8.41. The molecule has 8 nitrogen and oxygen atoms in total. The minimum absolute atomic E-state index is 0.0788. The van der Waals surface area contributed by atoms with Crippen LogP contribution in [0.25, 0.3) is 0 Å². The lowest BCUT2D eigenvalue weighted by atomic mass is 10.1. The van der Waals surface area contributed by atoms with E-state index < -0.39 is 12.3 Å². The van der Waals surface area contributed by atoms with Crippen molar-refractivity contribution in [3.05, 3.63) is 59.7 Å². The van der Waals surface area contributed by atoms with Gasteiger partial charge in [-0.2, -0.15) is 5.06 Å². The summed E-state index contributed by atoms with van der Waals surface area (Å²) in [6.45, 7) is -0.210. The fourth-order valence-corrected chi connectivity index (χ4v) is 2.65. The lowest BCUT2D eigenvalue weighted by Gasteiger charge is -2.34. The molecule has 0 spiro atoms. The number of nitrogens with one attached hydrogen (secondary N) is 1. The zero-order chi connectivity index (χ0) is 19.2. The predicted octanol–water partition coefficient (Wildman–Crippen LogP) is 2.40. The highest BCUT2D eigenvalue weighted by molar-refractivity contribution is 5.80. The van der Waals surface area contributed by atoms with E-state index >= 15 is 0 Å². The Kier molecular flexibility index (Phi) is 5.77. The van der Waals surface area contributed by atoms with Gasteiger partial charge in [-0.15, -0.1) is 0 Å². The summed E-state index contributed by atoms with van der Waals surface area (Å²) >= 11 is 0. The van der Waals surface area contributed by atoms with Gasteiger partial charge in [-0.05, 0) is 23.8 Å². The maximum absolute atomic E-state index is 12.6. The van der Waals surface area contributed by atoms with Gasteiger partial charge >= 0.3 is 6.09 Å². The van der Waals surface area contributed by atoms with Crippen LogP contribution in [-0.2, 0) is 21.0 Å². The van der Waals surface area contributed by atoms with E-state index in [2.05, 4.69) is 5.32 Å². The van der Waals surface area contributed by atoms with Crippen LogP contribution in [0.2, 0.25) is 0 Å². The highest BCUT2D eigenvalue weighted by Crippen LogP contribution is 2.33. The summed E-state index contributed by atoms with van der Waals surface area (Å²) < 4.78 is 15.9. The van der Waals surface area contributed by atoms with E-state index in [1.165, 1.54) is 14.2 Å². The van der Waals surface area contributed by atoms with Crippen LogP contribution < -0.4 is 14.8 Å². The van der Waals surface area contributed by atoms with E-state index in [-0.39, 0.29) is 19.1 Å². The number of rotatable bonds is 5. The average Bonchev–Trinajstić information content (AvgIpc) is 2.72. The maximum atomic E-state index is 12.6. The van der Waals surface area contributed by atoms with Crippen molar-refractivity contribution in [3.8, 4) is 11.5 Å². The number of amides is 2. The molecule has 3 rings (SSSR count). The number of methoxy groups -OCH3 is 2. The Morgan fingerprint density at radius 2 is 1.96 bits per heavy atom. The average molecular weight is 372 g/mol. The molecule has 0 aliphatic carbocycles. The molecule has 142 valence electrons. The van der Waals surface area contributed by atoms with E-state index in [9.17, 15) is 9.59 Å². The number of carbonyl (C=O) groups excluding carboxylic acids is 2. The third-order valence-electron chi connectivity index (χ3n) is 3.98. The zero-order valence-corrected chi connectivity index (χ0v) is 15.0. The van der Waals surface area contributed by atoms with Crippen LogP contribution in [0.5, 0.6) is 11.5 Å². The molecule has 8 heteroatoms. The van der Waals surface area contributed by atoms with Crippen molar-refractivity contribution in [2.24, 2.45) is 0 Å². The summed E-state index contributed by atoms with van der Waals surface area (Å²) in [5, 5.41) is 3.70. The molecule has 2 amide bonds. The molecule has 1 N–H and O–H groups in total. The number of hydroxylamine groups is 2. The first-order valence-electron chi connectivity index (χ1n) is 8.26. The van der Waals surface area contributed by atoms with Crippen molar-refractivity contribution >= 4 is 12.0 Å². The molecule has 0 aromatic heterocycles. The summed E-state index contributed by atoms with van der Waals surface area (Å²) in [4.78, 5) is 29.8. The van der Waals surface area contributed by atoms with Crippen molar-refractivity contribution < 1.29 is 28.6 Å². The van der Waals surface area contributed by atoms with Gasteiger partial charge in [-0.1, -0.05) is 30.3 Å². The molecule has 1 atom stereocenters. The lowest BCUT2D eigenvalue weighted by Crippen LogP contribution is -2.51. The number of hydrogen-bond acceptors (Lipinski definition) is 6. The Bertz CT molecular complexity index is 811. The van der Waals surface area contributed by atoms with E-state index in [0.717, 1.165) is 10.6 Å². The number of nitrogens with zero attached hydrogens (tertiary/aromatic N) is 1. The minimum atomic E-state index is -0.917. The highest BCUT2D eigenvalue weighted by Gasteiger charge is 2.36.